The predicted octanol–water partition coefficient (Wildman–Crippen LogP) is 1.94. The molecule has 1 aliphatic carbocycles. The Morgan fingerprint density at radius 3 is 2.48 bits per heavy atom. The van der Waals surface area contributed by atoms with Crippen LogP contribution in [0.5, 0.6) is 5.75 Å². The summed E-state index contributed by atoms with van der Waals surface area (Å²) in [5.41, 5.74) is 0.275. The van der Waals surface area contributed by atoms with Crippen LogP contribution < -0.4 is 0 Å². The average Bonchev–Trinajstić information content (AvgIpc) is 2.51. The highest BCUT2D eigenvalue weighted by molar-refractivity contribution is 6.00. The van der Waals surface area contributed by atoms with Crippen LogP contribution in [0.3, 0.4) is 0 Å². The number of fused-ring (bicyclic) bond motifs is 1. The zero-order valence-corrected chi connectivity index (χ0v) is 12.1. The van der Waals surface area contributed by atoms with Gasteiger partial charge in [0, 0.05) is 5.92 Å². The van der Waals surface area contributed by atoms with Gasteiger partial charge in [-0.25, -0.2) is 0 Å². The second-order valence-corrected chi connectivity index (χ2v) is 5.17. The second kappa shape index (κ2) is 5.60. The van der Waals surface area contributed by atoms with Crippen molar-refractivity contribution in [2.45, 2.75) is 18.8 Å². The molecule has 0 aliphatic heterocycles. The van der Waals surface area contributed by atoms with Gasteiger partial charge in [-0.1, -0.05) is 12.1 Å². The highest BCUT2D eigenvalue weighted by Crippen LogP contribution is 2.45. The number of hydrogen-bond acceptors (Lipinski definition) is 5. The number of esters is 2. The van der Waals surface area contributed by atoms with Gasteiger partial charge in [-0.3, -0.25) is 9.59 Å². The molecule has 1 aromatic carbocycles. The Bertz CT molecular complexity index is 574. The summed E-state index contributed by atoms with van der Waals surface area (Å²) < 4.78 is 9.64. The molecular weight excluding hydrogens is 272 g/mol. The molecule has 0 saturated carbocycles. The van der Waals surface area contributed by atoms with Gasteiger partial charge < -0.3 is 14.6 Å². The topological polar surface area (TPSA) is 72.8 Å². The van der Waals surface area contributed by atoms with Crippen LogP contribution in [0.15, 0.2) is 30.9 Å². The zero-order valence-electron chi connectivity index (χ0n) is 12.1. The number of allylic oxidation sites excluding steroid dienone is 1. The highest BCUT2D eigenvalue weighted by atomic mass is 16.5. The van der Waals surface area contributed by atoms with E-state index in [0.717, 1.165) is 11.1 Å². The molecule has 0 unspecified atom stereocenters. The fraction of sp³-hybridized carbons (Fsp3) is 0.375. The molecular formula is C16H18O5. The van der Waals surface area contributed by atoms with Gasteiger partial charge in [0.05, 0.1) is 14.2 Å². The number of carbonyl (C=O) groups excluding carboxylic acids is 2. The Kier molecular flexibility index (Phi) is 4.02. The van der Waals surface area contributed by atoms with Crippen LogP contribution >= 0.6 is 0 Å². The van der Waals surface area contributed by atoms with Gasteiger partial charge in [0.1, 0.15) is 5.75 Å². The van der Waals surface area contributed by atoms with E-state index in [0.29, 0.717) is 0 Å². The van der Waals surface area contributed by atoms with Crippen molar-refractivity contribution in [3.05, 3.63) is 42.0 Å². The largest absolute Gasteiger partial charge is 0.508 e. The molecule has 1 N–H and O–H groups in total. The lowest BCUT2D eigenvalue weighted by molar-refractivity contribution is -0.170. The number of rotatable bonds is 3. The molecule has 1 aromatic rings. The van der Waals surface area contributed by atoms with E-state index in [1.807, 2.05) is 0 Å². The standard InChI is InChI=1S/C16H18O5/c1-4-10-8-16(14(18)20-2,15(19)21-3)9-11-7-12(17)5-6-13(10)11/h4-7,10,17H,1,8-9H2,2-3H3/t10-/m0/s1. The van der Waals surface area contributed by atoms with Crippen LogP contribution in [0, 0.1) is 5.41 Å². The van der Waals surface area contributed by atoms with Crippen LogP contribution in [-0.2, 0) is 25.5 Å². The first kappa shape index (κ1) is 15.1. The first-order chi connectivity index (χ1) is 9.98. The van der Waals surface area contributed by atoms with Crippen molar-refractivity contribution < 1.29 is 24.2 Å². The molecule has 0 amide bonds. The molecule has 0 bridgehead atoms. The van der Waals surface area contributed by atoms with Crippen molar-refractivity contribution in [1.82, 2.24) is 0 Å². The molecule has 0 heterocycles. The minimum absolute atomic E-state index is 0.0853. The molecule has 0 saturated heterocycles. The van der Waals surface area contributed by atoms with Gasteiger partial charge in [-0.2, -0.15) is 0 Å². The molecule has 0 aromatic heterocycles. The third-order valence-corrected chi connectivity index (χ3v) is 4.02. The summed E-state index contributed by atoms with van der Waals surface area (Å²) >= 11 is 0. The van der Waals surface area contributed by atoms with Crippen molar-refractivity contribution in [1.29, 1.82) is 0 Å². The van der Waals surface area contributed by atoms with E-state index in [4.69, 9.17) is 9.47 Å². The maximum atomic E-state index is 12.2. The maximum absolute atomic E-state index is 12.2. The first-order valence-electron chi connectivity index (χ1n) is 6.59. The molecule has 5 nitrogen and oxygen atoms in total. The summed E-state index contributed by atoms with van der Waals surface area (Å²) in [6, 6.07) is 4.93. The van der Waals surface area contributed by atoms with Crippen molar-refractivity contribution in [2.75, 3.05) is 14.2 Å². The monoisotopic (exact) mass is 290 g/mol. The Morgan fingerprint density at radius 2 is 1.95 bits per heavy atom. The fourth-order valence-electron chi connectivity index (χ4n) is 2.99. The lowest BCUT2D eigenvalue weighted by Crippen LogP contribution is -2.46. The van der Waals surface area contributed by atoms with Gasteiger partial charge in [-0.15, -0.1) is 6.58 Å². The zero-order chi connectivity index (χ0) is 15.6. The summed E-state index contributed by atoms with van der Waals surface area (Å²) in [5.74, 6) is -1.36. The molecule has 1 aliphatic rings. The molecule has 112 valence electrons. The molecule has 0 fully saturated rings. The molecule has 2 rings (SSSR count). The van der Waals surface area contributed by atoms with Crippen molar-refractivity contribution in [3.63, 3.8) is 0 Å². The number of methoxy groups -OCH3 is 2. The minimum Gasteiger partial charge on any atom is -0.508 e. The summed E-state index contributed by atoms with van der Waals surface area (Å²) in [4.78, 5) is 24.5. The van der Waals surface area contributed by atoms with E-state index >= 15 is 0 Å². The molecule has 0 radical (unpaired) electrons. The van der Waals surface area contributed by atoms with Crippen LogP contribution in [0.1, 0.15) is 23.5 Å². The fourth-order valence-corrected chi connectivity index (χ4v) is 2.99. The number of carbonyl (C=O) groups is 2. The Labute approximate surface area is 123 Å². The smallest absolute Gasteiger partial charge is 0.323 e. The van der Waals surface area contributed by atoms with E-state index < -0.39 is 17.4 Å². The van der Waals surface area contributed by atoms with Crippen molar-refractivity contribution >= 4 is 11.9 Å². The lowest BCUT2D eigenvalue weighted by atomic mass is 9.67. The second-order valence-electron chi connectivity index (χ2n) is 5.17. The molecule has 1 atom stereocenters. The minimum atomic E-state index is -1.40. The van der Waals surface area contributed by atoms with E-state index in [9.17, 15) is 14.7 Å². The van der Waals surface area contributed by atoms with Gasteiger partial charge >= 0.3 is 11.9 Å². The SMILES string of the molecule is C=C[C@H]1CC(C(=O)OC)(C(=O)OC)Cc2cc(O)ccc21. The van der Waals surface area contributed by atoms with E-state index in [1.54, 1.807) is 24.3 Å². The number of ether oxygens (including phenoxy) is 2. The number of hydrogen-bond donors (Lipinski definition) is 1. The Balaban J connectivity index is 2.58. The molecule has 21 heavy (non-hydrogen) atoms. The predicted molar refractivity (Wildman–Crippen MR) is 75.8 cm³/mol. The van der Waals surface area contributed by atoms with E-state index in [1.165, 1.54) is 14.2 Å². The maximum Gasteiger partial charge on any atom is 0.323 e. The number of aromatic hydroxyl groups is 1. The van der Waals surface area contributed by atoms with E-state index in [2.05, 4.69) is 6.58 Å². The lowest BCUT2D eigenvalue weighted by Gasteiger charge is -2.36. The highest BCUT2D eigenvalue weighted by Gasteiger charge is 2.52. The third-order valence-electron chi connectivity index (χ3n) is 4.02. The average molecular weight is 290 g/mol. The van der Waals surface area contributed by atoms with E-state index in [-0.39, 0.29) is 24.5 Å². The Hall–Kier alpha value is -2.30. The summed E-state index contributed by atoms with van der Waals surface area (Å²) in [6.45, 7) is 3.77. The van der Waals surface area contributed by atoms with Crippen LogP contribution in [0.4, 0.5) is 0 Å². The number of phenolic OH excluding ortho intramolecular Hbond substituents is 1. The molecule has 0 spiro atoms. The van der Waals surface area contributed by atoms with Gasteiger partial charge in [0.15, 0.2) is 5.41 Å². The van der Waals surface area contributed by atoms with Gasteiger partial charge in [0.25, 0.3) is 0 Å². The number of phenols is 1. The normalized spacial score (nSPS) is 19.2. The van der Waals surface area contributed by atoms with Gasteiger partial charge in [0.2, 0.25) is 0 Å². The third kappa shape index (κ3) is 2.39. The summed E-state index contributed by atoms with van der Waals surface area (Å²) in [5, 5.41) is 9.65. The van der Waals surface area contributed by atoms with Crippen LogP contribution in [0.25, 0.3) is 0 Å². The molecule has 5 heteroatoms. The summed E-state index contributed by atoms with van der Waals surface area (Å²) in [7, 11) is 2.49. The van der Waals surface area contributed by atoms with Gasteiger partial charge in [-0.05, 0) is 36.1 Å². The Morgan fingerprint density at radius 1 is 1.33 bits per heavy atom. The van der Waals surface area contributed by atoms with Crippen molar-refractivity contribution in [2.24, 2.45) is 5.41 Å². The van der Waals surface area contributed by atoms with Crippen LogP contribution in [-0.4, -0.2) is 31.3 Å². The van der Waals surface area contributed by atoms with Crippen LogP contribution in [0.2, 0.25) is 0 Å². The van der Waals surface area contributed by atoms with Crippen molar-refractivity contribution in [3.8, 4) is 5.75 Å². The quantitative estimate of drug-likeness (QED) is 0.523. The number of benzene rings is 1. The first-order valence-corrected chi connectivity index (χ1v) is 6.59. The summed E-state index contributed by atoms with van der Waals surface area (Å²) in [6.07, 6.45) is 2.07.